The van der Waals surface area contributed by atoms with Gasteiger partial charge in [-0.1, -0.05) is 55.5 Å². The number of nitrogens with zero attached hydrogens (tertiary/aromatic N) is 1. The van der Waals surface area contributed by atoms with Crippen molar-refractivity contribution in [1.82, 2.24) is 10.2 Å². The maximum Gasteiger partial charge on any atom is 0.407 e. The van der Waals surface area contributed by atoms with Crippen LogP contribution in [0.2, 0.25) is 0 Å². The summed E-state index contributed by atoms with van der Waals surface area (Å²) >= 11 is 0. The molecule has 180 valence electrons. The number of rotatable bonds is 7. The van der Waals surface area contributed by atoms with E-state index >= 15 is 0 Å². The maximum atomic E-state index is 12.7. The molecule has 1 aliphatic heterocycles. The third kappa shape index (κ3) is 4.77. The number of amides is 2. The normalized spacial score (nSPS) is 20.2. The van der Waals surface area contributed by atoms with Crippen LogP contribution in [0, 0.1) is 0 Å². The van der Waals surface area contributed by atoms with Crippen LogP contribution >= 0.6 is 0 Å². The lowest BCUT2D eigenvalue weighted by atomic mass is 9.92. The number of hydrogen-bond acceptors (Lipinski definition) is 5. The number of ether oxygens (including phenoxy) is 1. The average molecular weight is 467 g/mol. The quantitative estimate of drug-likeness (QED) is 0.577. The Kier molecular flexibility index (Phi) is 6.88. The summed E-state index contributed by atoms with van der Waals surface area (Å²) in [6.45, 7) is 2.17. The number of β-amino-alcohol motifs (C(OH)–C–C–N with tert-alkyl or cyclic N) is 1. The molecule has 0 spiro atoms. The van der Waals surface area contributed by atoms with E-state index in [0.29, 0.717) is 19.4 Å². The molecule has 2 aliphatic rings. The lowest BCUT2D eigenvalue weighted by Crippen LogP contribution is -2.55. The van der Waals surface area contributed by atoms with Crippen LogP contribution in [-0.4, -0.2) is 64.4 Å². The van der Waals surface area contributed by atoms with E-state index < -0.39 is 23.7 Å². The van der Waals surface area contributed by atoms with Gasteiger partial charge >= 0.3 is 12.1 Å². The second-order valence-corrected chi connectivity index (χ2v) is 9.03. The first-order valence-electron chi connectivity index (χ1n) is 11.7. The maximum absolute atomic E-state index is 12.7. The first-order valence-corrected chi connectivity index (χ1v) is 11.7. The van der Waals surface area contributed by atoms with Gasteiger partial charge in [0.25, 0.3) is 0 Å². The molecule has 2 amide bonds. The molecule has 1 aliphatic carbocycles. The van der Waals surface area contributed by atoms with Crippen molar-refractivity contribution >= 4 is 18.0 Å². The smallest absolute Gasteiger partial charge is 0.407 e. The van der Waals surface area contributed by atoms with E-state index in [1.165, 1.54) is 4.90 Å². The number of carbonyl (C=O) groups excluding carboxylic acids is 2. The molecular formula is C26H30N2O6. The second-order valence-electron chi connectivity index (χ2n) is 9.03. The van der Waals surface area contributed by atoms with Gasteiger partial charge in [-0.25, -0.2) is 9.59 Å². The number of carboxylic acids is 1. The van der Waals surface area contributed by atoms with Crippen LogP contribution in [-0.2, 0) is 14.3 Å². The molecule has 0 radical (unpaired) electrons. The topological polar surface area (TPSA) is 116 Å². The number of carbonyl (C=O) groups is 3. The average Bonchev–Trinajstić information content (AvgIpc) is 3.16. The van der Waals surface area contributed by atoms with E-state index in [-0.39, 0.29) is 37.8 Å². The molecule has 34 heavy (non-hydrogen) atoms. The third-order valence-electron chi connectivity index (χ3n) is 6.80. The predicted molar refractivity (Wildman–Crippen MR) is 125 cm³/mol. The Balaban J connectivity index is 1.34. The summed E-state index contributed by atoms with van der Waals surface area (Å²) in [5.41, 5.74) is 2.61. The third-order valence-corrected chi connectivity index (χ3v) is 6.80. The molecule has 8 nitrogen and oxygen atoms in total. The molecule has 2 aromatic rings. The van der Waals surface area contributed by atoms with E-state index in [2.05, 4.69) is 17.4 Å². The van der Waals surface area contributed by atoms with Crippen LogP contribution in [0.4, 0.5) is 4.79 Å². The minimum Gasteiger partial charge on any atom is -0.479 e. The van der Waals surface area contributed by atoms with Gasteiger partial charge in [0.15, 0.2) is 5.60 Å². The molecule has 8 heteroatoms. The zero-order valence-electron chi connectivity index (χ0n) is 19.2. The zero-order valence-corrected chi connectivity index (χ0v) is 19.2. The zero-order chi connectivity index (χ0) is 24.3. The van der Waals surface area contributed by atoms with Gasteiger partial charge < -0.3 is 25.2 Å². The molecule has 3 N–H and O–H groups in total. The highest BCUT2D eigenvalue weighted by atomic mass is 16.5. The first-order chi connectivity index (χ1) is 16.3. The summed E-state index contributed by atoms with van der Waals surface area (Å²) in [4.78, 5) is 38.0. The molecule has 1 heterocycles. The molecule has 1 saturated heterocycles. The Morgan fingerprint density at radius 1 is 1.12 bits per heavy atom. The Labute approximate surface area is 198 Å². The van der Waals surface area contributed by atoms with E-state index in [9.17, 15) is 24.6 Å². The van der Waals surface area contributed by atoms with Crippen molar-refractivity contribution in [1.29, 1.82) is 0 Å². The van der Waals surface area contributed by atoms with Crippen LogP contribution in [0.25, 0.3) is 11.1 Å². The summed E-state index contributed by atoms with van der Waals surface area (Å²) in [6, 6.07) is 15.7. The van der Waals surface area contributed by atoms with E-state index in [4.69, 9.17) is 4.74 Å². The standard InChI is InChI=1S/C26H30N2O6/c1-2-17(14-23(29)28-13-7-12-26(33,16-28)24(30)31)27-25(32)34-15-22-20-10-5-3-8-18(20)19-9-4-6-11-21(19)22/h3-6,8-11,17,22,33H,2,7,12-16H2,1H3,(H,27,32)(H,30,31). The van der Waals surface area contributed by atoms with Crippen LogP contribution in [0.5, 0.6) is 0 Å². The largest absolute Gasteiger partial charge is 0.479 e. The predicted octanol–water partition coefficient (Wildman–Crippen LogP) is 3.13. The summed E-state index contributed by atoms with van der Waals surface area (Å²) in [5, 5.41) is 22.3. The SMILES string of the molecule is CCC(CC(=O)N1CCCC(O)(C(=O)O)C1)NC(=O)OCC1c2ccccc2-c2ccccc21. The number of piperidine rings is 1. The van der Waals surface area contributed by atoms with E-state index in [1.807, 2.05) is 43.3 Å². The lowest BCUT2D eigenvalue weighted by Gasteiger charge is -2.36. The van der Waals surface area contributed by atoms with Crippen molar-refractivity contribution in [2.24, 2.45) is 0 Å². The summed E-state index contributed by atoms with van der Waals surface area (Å²) in [7, 11) is 0. The van der Waals surface area contributed by atoms with Gasteiger partial charge in [0.05, 0.1) is 6.54 Å². The fraction of sp³-hybridized carbons (Fsp3) is 0.423. The summed E-state index contributed by atoms with van der Waals surface area (Å²) in [6.07, 6.45) is 0.442. The number of aliphatic carboxylic acids is 1. The molecule has 0 saturated carbocycles. The van der Waals surface area contributed by atoms with Crippen molar-refractivity contribution in [2.45, 2.75) is 50.2 Å². The fourth-order valence-electron chi connectivity index (χ4n) is 4.87. The molecule has 0 aromatic heterocycles. The Hall–Kier alpha value is -3.39. The Morgan fingerprint density at radius 2 is 1.74 bits per heavy atom. The molecule has 4 rings (SSSR count). The number of carboxylic acid groups (broad SMARTS) is 1. The minimum absolute atomic E-state index is 0.0103. The minimum atomic E-state index is -1.92. The number of benzene rings is 2. The molecule has 0 bridgehead atoms. The van der Waals surface area contributed by atoms with Gasteiger partial charge in [0.1, 0.15) is 6.61 Å². The number of aliphatic hydroxyl groups is 1. The molecule has 2 atom stereocenters. The van der Waals surface area contributed by atoms with Crippen molar-refractivity contribution in [3.05, 3.63) is 59.7 Å². The first kappa shape index (κ1) is 23.8. The van der Waals surface area contributed by atoms with Crippen molar-refractivity contribution in [3.63, 3.8) is 0 Å². The highest BCUT2D eigenvalue weighted by Crippen LogP contribution is 2.44. The Morgan fingerprint density at radius 3 is 2.32 bits per heavy atom. The van der Waals surface area contributed by atoms with Gasteiger partial charge in [0.2, 0.25) is 5.91 Å². The van der Waals surface area contributed by atoms with Gasteiger partial charge in [0, 0.05) is 24.9 Å². The van der Waals surface area contributed by atoms with Crippen molar-refractivity contribution < 1.29 is 29.3 Å². The van der Waals surface area contributed by atoms with E-state index in [1.54, 1.807) is 0 Å². The van der Waals surface area contributed by atoms with Gasteiger partial charge in [-0.2, -0.15) is 0 Å². The second kappa shape index (κ2) is 9.85. The summed E-state index contributed by atoms with van der Waals surface area (Å²) in [5.74, 6) is -1.68. The highest BCUT2D eigenvalue weighted by Gasteiger charge is 2.42. The van der Waals surface area contributed by atoms with E-state index in [0.717, 1.165) is 22.3 Å². The van der Waals surface area contributed by atoms with Crippen molar-refractivity contribution in [3.8, 4) is 11.1 Å². The van der Waals surface area contributed by atoms with Crippen LogP contribution in [0.15, 0.2) is 48.5 Å². The highest BCUT2D eigenvalue weighted by molar-refractivity contribution is 5.82. The number of hydrogen-bond donors (Lipinski definition) is 3. The molecule has 1 fully saturated rings. The van der Waals surface area contributed by atoms with Crippen LogP contribution < -0.4 is 5.32 Å². The molecule has 2 unspecified atom stereocenters. The molecule has 2 aromatic carbocycles. The number of fused-ring (bicyclic) bond motifs is 3. The van der Waals surface area contributed by atoms with Crippen LogP contribution in [0.1, 0.15) is 49.7 Å². The van der Waals surface area contributed by atoms with Gasteiger partial charge in [-0.05, 0) is 41.5 Å². The fourth-order valence-corrected chi connectivity index (χ4v) is 4.87. The lowest BCUT2D eigenvalue weighted by molar-refractivity contribution is -0.166. The number of likely N-dealkylation sites (tertiary alicyclic amines) is 1. The van der Waals surface area contributed by atoms with Crippen molar-refractivity contribution in [2.75, 3.05) is 19.7 Å². The number of nitrogens with one attached hydrogen (secondary N) is 1. The van der Waals surface area contributed by atoms with Gasteiger partial charge in [-0.3, -0.25) is 4.79 Å². The molecular weight excluding hydrogens is 436 g/mol. The van der Waals surface area contributed by atoms with Crippen LogP contribution in [0.3, 0.4) is 0 Å². The Bertz CT molecular complexity index is 1040. The number of alkyl carbamates (subject to hydrolysis) is 1. The van der Waals surface area contributed by atoms with Gasteiger partial charge in [-0.15, -0.1) is 0 Å². The monoisotopic (exact) mass is 466 g/mol. The summed E-state index contributed by atoms with van der Waals surface area (Å²) < 4.78 is 5.57.